The molecule has 3 aromatic rings. The smallest absolute Gasteiger partial charge is 0.323 e. The molecular formula is C21H19ClF2N4O. The lowest BCUT2D eigenvalue weighted by atomic mass is 9.84. The van der Waals surface area contributed by atoms with Gasteiger partial charge in [-0.25, -0.2) is 9.67 Å². The zero-order valence-corrected chi connectivity index (χ0v) is 16.4. The minimum atomic E-state index is -3.74. The van der Waals surface area contributed by atoms with Gasteiger partial charge in [-0.05, 0) is 36.2 Å². The van der Waals surface area contributed by atoms with Crippen molar-refractivity contribution in [3.05, 3.63) is 77.1 Å². The molecule has 0 saturated carbocycles. The number of hydrogen-bond acceptors (Lipinski definition) is 4. The second-order valence-corrected chi connectivity index (χ2v) is 6.95. The van der Waals surface area contributed by atoms with Crippen molar-refractivity contribution in [2.45, 2.75) is 37.8 Å². The lowest BCUT2D eigenvalue weighted by Crippen LogP contribution is -2.47. The number of halogens is 3. The van der Waals surface area contributed by atoms with Gasteiger partial charge >= 0.3 is 5.92 Å². The van der Waals surface area contributed by atoms with Crippen molar-refractivity contribution in [2.24, 2.45) is 0 Å². The number of nitrogens with zero attached hydrogens (tertiary/aromatic N) is 4. The van der Waals surface area contributed by atoms with Gasteiger partial charge in [0.05, 0.1) is 11.6 Å². The van der Waals surface area contributed by atoms with Crippen molar-refractivity contribution in [1.29, 1.82) is 0 Å². The normalized spacial score (nSPS) is 13.4. The van der Waals surface area contributed by atoms with Crippen LogP contribution in [-0.4, -0.2) is 24.9 Å². The highest BCUT2D eigenvalue weighted by Gasteiger charge is 2.56. The van der Waals surface area contributed by atoms with Crippen molar-refractivity contribution in [3.8, 4) is 11.8 Å². The maximum absolute atomic E-state index is 15.5. The van der Waals surface area contributed by atoms with Crippen LogP contribution in [0.1, 0.15) is 36.6 Å². The summed E-state index contributed by atoms with van der Waals surface area (Å²) in [6.07, 6.45) is 5.28. The van der Waals surface area contributed by atoms with Crippen LogP contribution in [0.5, 0.6) is 0 Å². The van der Waals surface area contributed by atoms with Crippen LogP contribution >= 0.6 is 11.6 Å². The highest BCUT2D eigenvalue weighted by Crippen LogP contribution is 2.45. The molecule has 0 aliphatic heterocycles. The SMILES string of the molecule is CCCC#Cc1ccc(C(O)(Cn2cncn2)C(F)(F)c2ccc(Cl)cn2)cc1. The summed E-state index contributed by atoms with van der Waals surface area (Å²) >= 11 is 5.77. The summed E-state index contributed by atoms with van der Waals surface area (Å²) in [5, 5.41) is 15.3. The lowest BCUT2D eigenvalue weighted by Gasteiger charge is -2.35. The minimum absolute atomic E-state index is 0.00999. The van der Waals surface area contributed by atoms with E-state index < -0.39 is 23.8 Å². The second-order valence-electron chi connectivity index (χ2n) is 6.52. The third kappa shape index (κ3) is 4.44. The van der Waals surface area contributed by atoms with Gasteiger partial charge < -0.3 is 5.11 Å². The summed E-state index contributed by atoms with van der Waals surface area (Å²) in [5.74, 6) is 2.24. The van der Waals surface area contributed by atoms with Crippen LogP contribution in [0.2, 0.25) is 5.02 Å². The molecule has 0 spiro atoms. The summed E-state index contributed by atoms with van der Waals surface area (Å²) in [4.78, 5) is 7.50. The van der Waals surface area contributed by atoms with Gasteiger partial charge in [0.1, 0.15) is 18.3 Å². The Balaban J connectivity index is 2.04. The first-order chi connectivity index (χ1) is 13.9. The number of aromatic nitrogens is 4. The fourth-order valence-corrected chi connectivity index (χ4v) is 2.92. The van der Waals surface area contributed by atoms with E-state index in [0.29, 0.717) is 5.56 Å². The number of aliphatic hydroxyl groups is 1. The largest absolute Gasteiger partial charge is 0.377 e. The molecule has 2 heterocycles. The fourth-order valence-electron chi connectivity index (χ4n) is 2.81. The molecule has 150 valence electrons. The van der Waals surface area contributed by atoms with E-state index in [-0.39, 0.29) is 10.6 Å². The van der Waals surface area contributed by atoms with E-state index in [9.17, 15) is 5.11 Å². The maximum atomic E-state index is 15.5. The first-order valence-corrected chi connectivity index (χ1v) is 9.38. The Labute approximate surface area is 172 Å². The molecule has 1 atom stereocenters. The molecule has 0 fully saturated rings. The number of benzene rings is 1. The molecule has 1 N–H and O–H groups in total. The van der Waals surface area contributed by atoms with Gasteiger partial charge in [0, 0.05) is 18.2 Å². The molecule has 5 nitrogen and oxygen atoms in total. The van der Waals surface area contributed by atoms with Crippen molar-refractivity contribution in [3.63, 3.8) is 0 Å². The number of unbranched alkanes of at least 4 members (excludes halogenated alkanes) is 1. The van der Waals surface area contributed by atoms with Gasteiger partial charge in [0.15, 0.2) is 5.60 Å². The van der Waals surface area contributed by atoms with Crippen LogP contribution < -0.4 is 0 Å². The molecule has 0 saturated heterocycles. The highest BCUT2D eigenvalue weighted by molar-refractivity contribution is 6.30. The van der Waals surface area contributed by atoms with Crippen LogP contribution in [0.4, 0.5) is 8.78 Å². The van der Waals surface area contributed by atoms with Gasteiger partial charge in [-0.15, -0.1) is 0 Å². The highest BCUT2D eigenvalue weighted by atomic mass is 35.5. The van der Waals surface area contributed by atoms with Crippen LogP contribution in [0.3, 0.4) is 0 Å². The Kier molecular flexibility index (Phi) is 6.26. The summed E-state index contributed by atoms with van der Waals surface area (Å²) in [6, 6.07) is 8.50. The summed E-state index contributed by atoms with van der Waals surface area (Å²) in [6.45, 7) is 1.50. The Hall–Kier alpha value is -2.82. The average Bonchev–Trinajstić information content (AvgIpc) is 3.21. The molecule has 29 heavy (non-hydrogen) atoms. The number of alkyl halides is 2. The molecule has 0 aliphatic carbocycles. The number of rotatable bonds is 6. The van der Waals surface area contributed by atoms with Crippen molar-refractivity contribution < 1.29 is 13.9 Å². The van der Waals surface area contributed by atoms with Gasteiger partial charge in [-0.3, -0.25) is 4.98 Å². The zero-order valence-electron chi connectivity index (χ0n) is 15.7. The zero-order chi connectivity index (χ0) is 20.9. The Bertz CT molecular complexity index is 996. The van der Waals surface area contributed by atoms with Gasteiger partial charge in [-0.1, -0.05) is 42.5 Å². The molecule has 0 amide bonds. The first kappa shape index (κ1) is 20.9. The number of pyridine rings is 1. The van der Waals surface area contributed by atoms with E-state index in [4.69, 9.17) is 11.6 Å². The van der Waals surface area contributed by atoms with E-state index in [2.05, 4.69) is 26.9 Å². The van der Waals surface area contributed by atoms with E-state index >= 15 is 8.78 Å². The average molecular weight is 417 g/mol. The van der Waals surface area contributed by atoms with E-state index in [1.807, 2.05) is 6.92 Å². The van der Waals surface area contributed by atoms with Crippen molar-refractivity contribution in [2.75, 3.05) is 0 Å². The molecule has 3 rings (SSSR count). The van der Waals surface area contributed by atoms with E-state index in [0.717, 1.165) is 29.8 Å². The molecule has 0 bridgehead atoms. The standard InChI is InChI=1S/C21H19ClF2N4O/c1-2-3-4-5-16-6-8-17(9-7-16)20(29,13-28-15-25-14-27-28)21(23,24)19-11-10-18(22)12-26-19/h6-12,14-15,29H,2-3,13H2,1H3. The predicted molar refractivity (Wildman–Crippen MR) is 105 cm³/mol. The third-order valence-corrected chi connectivity index (χ3v) is 4.62. The summed E-state index contributed by atoms with van der Waals surface area (Å²) < 4.78 is 32.2. The first-order valence-electron chi connectivity index (χ1n) is 9.01. The molecular weight excluding hydrogens is 398 g/mol. The molecule has 0 aliphatic rings. The van der Waals surface area contributed by atoms with Crippen LogP contribution in [0.15, 0.2) is 55.2 Å². The van der Waals surface area contributed by atoms with Crippen molar-refractivity contribution in [1.82, 2.24) is 19.7 Å². The molecule has 1 unspecified atom stereocenters. The molecule has 1 aromatic carbocycles. The number of hydrogen-bond donors (Lipinski definition) is 1. The lowest BCUT2D eigenvalue weighted by molar-refractivity contribution is -0.206. The van der Waals surface area contributed by atoms with Gasteiger partial charge in [0.25, 0.3) is 0 Å². The molecule has 2 aromatic heterocycles. The fraction of sp³-hybridized carbons (Fsp3) is 0.286. The van der Waals surface area contributed by atoms with Crippen LogP contribution in [0, 0.1) is 11.8 Å². The topological polar surface area (TPSA) is 63.8 Å². The monoisotopic (exact) mass is 416 g/mol. The Morgan fingerprint density at radius 2 is 1.93 bits per heavy atom. The van der Waals surface area contributed by atoms with Crippen LogP contribution in [-0.2, 0) is 18.1 Å². The predicted octanol–water partition coefficient (Wildman–Crippen LogP) is 4.16. The summed E-state index contributed by atoms with van der Waals surface area (Å²) in [7, 11) is 0. The third-order valence-electron chi connectivity index (χ3n) is 4.40. The second kappa shape index (κ2) is 8.68. The van der Waals surface area contributed by atoms with Gasteiger partial charge in [0.2, 0.25) is 0 Å². The van der Waals surface area contributed by atoms with E-state index in [1.54, 1.807) is 12.1 Å². The molecule has 0 radical (unpaired) electrons. The quantitative estimate of drug-likeness (QED) is 0.613. The van der Waals surface area contributed by atoms with Crippen LogP contribution in [0.25, 0.3) is 0 Å². The summed E-state index contributed by atoms with van der Waals surface area (Å²) in [5.41, 5.74) is -2.54. The van der Waals surface area contributed by atoms with E-state index in [1.165, 1.54) is 30.9 Å². The Morgan fingerprint density at radius 3 is 2.52 bits per heavy atom. The van der Waals surface area contributed by atoms with Crippen molar-refractivity contribution >= 4 is 11.6 Å². The molecule has 8 heteroatoms. The maximum Gasteiger partial charge on any atom is 0.323 e. The minimum Gasteiger partial charge on any atom is -0.377 e. The Morgan fingerprint density at radius 1 is 1.17 bits per heavy atom. The van der Waals surface area contributed by atoms with Gasteiger partial charge in [-0.2, -0.15) is 13.9 Å².